The average molecular weight is 282 g/mol. The zero-order valence-corrected chi connectivity index (χ0v) is 12.6. The molecule has 5 nitrogen and oxygen atoms in total. The van der Waals surface area contributed by atoms with Crippen LogP contribution >= 0.6 is 11.8 Å². The molecule has 1 saturated heterocycles. The molecule has 19 heavy (non-hydrogen) atoms. The van der Waals surface area contributed by atoms with Crippen molar-refractivity contribution in [3.8, 4) is 0 Å². The van der Waals surface area contributed by atoms with Gasteiger partial charge in [0.15, 0.2) is 0 Å². The van der Waals surface area contributed by atoms with Crippen LogP contribution in [0, 0.1) is 0 Å². The van der Waals surface area contributed by atoms with E-state index in [9.17, 15) is 4.79 Å². The topological polar surface area (TPSA) is 50.2 Å². The molecular weight excluding hydrogens is 260 g/mol. The second-order valence-corrected chi connectivity index (χ2v) is 6.22. The number of hydrogen-bond donors (Lipinski definition) is 1. The summed E-state index contributed by atoms with van der Waals surface area (Å²) in [6.45, 7) is 3.86. The van der Waals surface area contributed by atoms with E-state index in [0.29, 0.717) is 0 Å². The Morgan fingerprint density at radius 1 is 1.63 bits per heavy atom. The van der Waals surface area contributed by atoms with Gasteiger partial charge in [0.1, 0.15) is 0 Å². The van der Waals surface area contributed by atoms with Crippen molar-refractivity contribution in [1.29, 1.82) is 0 Å². The molecule has 1 aliphatic heterocycles. The molecule has 2 rings (SSSR count). The first-order chi connectivity index (χ1) is 9.10. The Labute approximate surface area is 118 Å². The Kier molecular flexibility index (Phi) is 4.74. The fourth-order valence-electron chi connectivity index (χ4n) is 2.33. The van der Waals surface area contributed by atoms with Gasteiger partial charge in [0.25, 0.3) is 0 Å². The Morgan fingerprint density at radius 3 is 3.05 bits per heavy atom. The summed E-state index contributed by atoms with van der Waals surface area (Å²) in [5.41, 5.74) is 1.14. The van der Waals surface area contributed by atoms with E-state index in [1.807, 2.05) is 37.3 Å². The van der Waals surface area contributed by atoms with Gasteiger partial charge in [0, 0.05) is 32.4 Å². The van der Waals surface area contributed by atoms with Gasteiger partial charge in [0.2, 0.25) is 5.91 Å². The summed E-state index contributed by atoms with van der Waals surface area (Å²) in [4.78, 5) is 14.2. The van der Waals surface area contributed by atoms with Crippen LogP contribution in [-0.4, -0.2) is 46.3 Å². The van der Waals surface area contributed by atoms with Gasteiger partial charge in [-0.2, -0.15) is 16.9 Å². The summed E-state index contributed by atoms with van der Waals surface area (Å²) in [6.07, 6.45) is 8.04. The molecular formula is C13H22N4OS. The van der Waals surface area contributed by atoms with E-state index in [1.54, 1.807) is 11.8 Å². The standard InChI is InChI=1S/C13H22N4OS/c1-10(19-3)13(18)15-11-5-4-6-17(8-11)12-7-14-16(2)9-12/h7,9-11H,4-6,8H2,1-3H3,(H,15,18)/t10-,11+/m1/s1. The third kappa shape index (κ3) is 3.65. The first-order valence-electron chi connectivity index (χ1n) is 6.67. The number of thioether (sulfide) groups is 1. The van der Waals surface area contributed by atoms with Gasteiger partial charge in [-0.15, -0.1) is 0 Å². The molecule has 0 saturated carbocycles. The smallest absolute Gasteiger partial charge is 0.233 e. The molecule has 0 unspecified atom stereocenters. The summed E-state index contributed by atoms with van der Waals surface area (Å²) in [5, 5.41) is 7.37. The normalized spacial score (nSPS) is 21.2. The third-order valence-corrected chi connectivity index (χ3v) is 4.47. The molecule has 0 aliphatic carbocycles. The summed E-state index contributed by atoms with van der Waals surface area (Å²) in [6, 6.07) is 0.246. The minimum absolute atomic E-state index is 0.0220. The molecule has 0 spiro atoms. The van der Waals surface area contributed by atoms with E-state index < -0.39 is 0 Å². The van der Waals surface area contributed by atoms with E-state index in [-0.39, 0.29) is 17.2 Å². The number of piperidine rings is 1. The molecule has 1 N–H and O–H groups in total. The van der Waals surface area contributed by atoms with Crippen LogP contribution in [0.25, 0.3) is 0 Å². The van der Waals surface area contributed by atoms with Crippen molar-refractivity contribution in [3.05, 3.63) is 12.4 Å². The number of aryl methyl sites for hydroxylation is 1. The summed E-state index contributed by atoms with van der Waals surface area (Å²) in [5.74, 6) is 0.144. The zero-order valence-electron chi connectivity index (χ0n) is 11.8. The molecule has 106 valence electrons. The maximum absolute atomic E-state index is 11.9. The van der Waals surface area contributed by atoms with Crippen molar-refractivity contribution in [1.82, 2.24) is 15.1 Å². The van der Waals surface area contributed by atoms with Crippen molar-refractivity contribution in [2.75, 3.05) is 24.2 Å². The van der Waals surface area contributed by atoms with E-state index in [1.165, 1.54) is 0 Å². The molecule has 1 aliphatic rings. The van der Waals surface area contributed by atoms with E-state index in [4.69, 9.17) is 0 Å². The Morgan fingerprint density at radius 2 is 2.42 bits per heavy atom. The van der Waals surface area contributed by atoms with E-state index in [0.717, 1.165) is 31.6 Å². The Bertz CT molecular complexity index is 434. The maximum Gasteiger partial charge on any atom is 0.233 e. The van der Waals surface area contributed by atoms with Crippen molar-refractivity contribution in [2.45, 2.75) is 31.1 Å². The second kappa shape index (κ2) is 6.32. The molecule has 1 aromatic rings. The van der Waals surface area contributed by atoms with Crippen LogP contribution in [-0.2, 0) is 11.8 Å². The number of amides is 1. The molecule has 0 aromatic carbocycles. The van der Waals surface area contributed by atoms with E-state index in [2.05, 4.69) is 15.3 Å². The van der Waals surface area contributed by atoms with Crippen LogP contribution in [0.1, 0.15) is 19.8 Å². The SMILES string of the molecule is CS[C@H](C)C(=O)N[C@H]1CCCN(c2cnn(C)c2)C1. The minimum atomic E-state index is 0.0220. The lowest BCUT2D eigenvalue weighted by molar-refractivity contribution is -0.121. The van der Waals surface area contributed by atoms with Crippen LogP contribution in [0.2, 0.25) is 0 Å². The fourth-order valence-corrected chi connectivity index (χ4v) is 2.61. The fraction of sp³-hybridized carbons (Fsp3) is 0.692. The van der Waals surface area contributed by atoms with Crippen LogP contribution in [0.5, 0.6) is 0 Å². The maximum atomic E-state index is 11.9. The van der Waals surface area contributed by atoms with Gasteiger partial charge < -0.3 is 10.2 Å². The molecule has 0 radical (unpaired) electrons. The minimum Gasteiger partial charge on any atom is -0.367 e. The highest BCUT2D eigenvalue weighted by Crippen LogP contribution is 2.19. The number of carbonyl (C=O) groups is 1. The Balaban J connectivity index is 1.92. The molecule has 2 atom stereocenters. The predicted molar refractivity (Wildman–Crippen MR) is 79.6 cm³/mol. The highest BCUT2D eigenvalue weighted by atomic mass is 32.2. The van der Waals surface area contributed by atoms with Gasteiger partial charge in [-0.25, -0.2) is 0 Å². The van der Waals surface area contributed by atoms with Gasteiger partial charge in [-0.1, -0.05) is 0 Å². The number of anilines is 1. The number of carbonyl (C=O) groups excluding carboxylic acids is 1. The average Bonchev–Trinajstić information content (AvgIpc) is 2.84. The summed E-state index contributed by atoms with van der Waals surface area (Å²) >= 11 is 1.58. The molecule has 0 bridgehead atoms. The zero-order chi connectivity index (χ0) is 13.8. The monoisotopic (exact) mass is 282 g/mol. The molecule has 1 aromatic heterocycles. The van der Waals surface area contributed by atoms with Crippen molar-refractivity contribution >= 4 is 23.4 Å². The summed E-state index contributed by atoms with van der Waals surface area (Å²) < 4.78 is 1.81. The van der Waals surface area contributed by atoms with Crippen molar-refractivity contribution < 1.29 is 4.79 Å². The van der Waals surface area contributed by atoms with Gasteiger partial charge >= 0.3 is 0 Å². The van der Waals surface area contributed by atoms with Crippen molar-refractivity contribution in [2.24, 2.45) is 7.05 Å². The number of nitrogens with one attached hydrogen (secondary N) is 1. The number of aromatic nitrogens is 2. The predicted octanol–water partition coefficient (Wildman–Crippen LogP) is 1.26. The van der Waals surface area contributed by atoms with E-state index >= 15 is 0 Å². The van der Waals surface area contributed by atoms with Crippen LogP contribution in [0.4, 0.5) is 5.69 Å². The highest BCUT2D eigenvalue weighted by Gasteiger charge is 2.23. The largest absolute Gasteiger partial charge is 0.367 e. The lowest BCUT2D eigenvalue weighted by Gasteiger charge is -2.34. The molecule has 6 heteroatoms. The Hall–Kier alpha value is -1.17. The van der Waals surface area contributed by atoms with Crippen molar-refractivity contribution in [3.63, 3.8) is 0 Å². The lowest BCUT2D eigenvalue weighted by atomic mass is 10.1. The second-order valence-electron chi connectivity index (χ2n) is 5.04. The van der Waals surface area contributed by atoms with Gasteiger partial charge in [-0.3, -0.25) is 9.48 Å². The highest BCUT2D eigenvalue weighted by molar-refractivity contribution is 7.99. The summed E-state index contributed by atoms with van der Waals surface area (Å²) in [7, 11) is 1.92. The first kappa shape index (κ1) is 14.2. The molecule has 1 amide bonds. The molecule has 2 heterocycles. The lowest BCUT2D eigenvalue weighted by Crippen LogP contribution is -2.49. The molecule has 1 fully saturated rings. The number of nitrogens with zero attached hydrogens (tertiary/aromatic N) is 3. The van der Waals surface area contributed by atoms with Crippen LogP contribution in [0.15, 0.2) is 12.4 Å². The van der Waals surface area contributed by atoms with Gasteiger partial charge in [0.05, 0.1) is 17.1 Å². The number of rotatable bonds is 4. The van der Waals surface area contributed by atoms with Crippen LogP contribution < -0.4 is 10.2 Å². The first-order valence-corrected chi connectivity index (χ1v) is 7.95. The third-order valence-electron chi connectivity index (χ3n) is 3.55. The number of hydrogen-bond acceptors (Lipinski definition) is 4. The van der Waals surface area contributed by atoms with Crippen LogP contribution in [0.3, 0.4) is 0 Å². The quantitative estimate of drug-likeness (QED) is 0.903. The van der Waals surface area contributed by atoms with Gasteiger partial charge in [-0.05, 0) is 26.0 Å².